The molecule has 0 radical (unpaired) electrons. The van der Waals surface area contributed by atoms with Crippen LogP contribution in [0.25, 0.3) is 6.08 Å². The van der Waals surface area contributed by atoms with E-state index < -0.39 is 0 Å². The van der Waals surface area contributed by atoms with Gasteiger partial charge in [-0.1, -0.05) is 29.8 Å². The molecule has 0 fully saturated rings. The fourth-order valence-electron chi connectivity index (χ4n) is 2.17. The van der Waals surface area contributed by atoms with Crippen LogP contribution in [0.1, 0.15) is 50.7 Å². The highest BCUT2D eigenvalue weighted by Gasteiger charge is 2.04. The van der Waals surface area contributed by atoms with Gasteiger partial charge in [-0.25, -0.2) is 10.4 Å². The molecule has 136 valence electrons. The SMILES string of the molecule is CC(C)=Cc1cccc(/C=N/NC(=O)CCCCC(=O)NN(C)C)c1. The van der Waals surface area contributed by atoms with E-state index in [2.05, 4.69) is 22.0 Å². The third-order valence-electron chi connectivity index (χ3n) is 3.17. The van der Waals surface area contributed by atoms with Crippen molar-refractivity contribution >= 4 is 24.1 Å². The van der Waals surface area contributed by atoms with E-state index in [9.17, 15) is 9.59 Å². The van der Waals surface area contributed by atoms with Gasteiger partial charge >= 0.3 is 0 Å². The van der Waals surface area contributed by atoms with Gasteiger partial charge in [-0.05, 0) is 43.9 Å². The van der Waals surface area contributed by atoms with Crippen molar-refractivity contribution in [1.29, 1.82) is 0 Å². The van der Waals surface area contributed by atoms with Crippen LogP contribution < -0.4 is 10.9 Å². The Balaban J connectivity index is 2.31. The van der Waals surface area contributed by atoms with Crippen LogP contribution in [-0.2, 0) is 9.59 Å². The number of rotatable bonds is 9. The van der Waals surface area contributed by atoms with Crippen molar-refractivity contribution < 1.29 is 9.59 Å². The molecule has 1 aromatic carbocycles. The Morgan fingerprint density at radius 2 is 1.72 bits per heavy atom. The summed E-state index contributed by atoms with van der Waals surface area (Å²) in [6.45, 7) is 4.09. The lowest BCUT2D eigenvalue weighted by molar-refractivity contribution is -0.125. The first-order chi connectivity index (χ1) is 11.9. The largest absolute Gasteiger partial charge is 0.289 e. The van der Waals surface area contributed by atoms with Crippen molar-refractivity contribution in [2.75, 3.05) is 14.1 Å². The van der Waals surface area contributed by atoms with Crippen molar-refractivity contribution in [3.05, 3.63) is 41.0 Å². The summed E-state index contributed by atoms with van der Waals surface area (Å²) in [7, 11) is 3.53. The molecular weight excluding hydrogens is 316 g/mol. The van der Waals surface area contributed by atoms with E-state index in [-0.39, 0.29) is 11.8 Å². The molecule has 0 atom stereocenters. The van der Waals surface area contributed by atoms with Gasteiger partial charge in [-0.15, -0.1) is 0 Å². The molecular formula is C19H28N4O2. The first-order valence-electron chi connectivity index (χ1n) is 8.40. The minimum absolute atomic E-state index is 0.0420. The van der Waals surface area contributed by atoms with Crippen LogP contribution in [0.5, 0.6) is 0 Å². The Kier molecular flexibility index (Phi) is 9.17. The lowest BCUT2D eigenvalue weighted by Gasteiger charge is -2.11. The molecule has 0 saturated heterocycles. The van der Waals surface area contributed by atoms with Crippen LogP contribution in [0, 0.1) is 0 Å². The van der Waals surface area contributed by atoms with Gasteiger partial charge in [0.05, 0.1) is 6.21 Å². The Morgan fingerprint density at radius 3 is 2.36 bits per heavy atom. The number of amides is 2. The van der Waals surface area contributed by atoms with Gasteiger partial charge in [0.1, 0.15) is 0 Å². The summed E-state index contributed by atoms with van der Waals surface area (Å²) in [4.78, 5) is 23.2. The van der Waals surface area contributed by atoms with E-state index >= 15 is 0 Å². The summed E-state index contributed by atoms with van der Waals surface area (Å²) in [5.74, 6) is -0.190. The van der Waals surface area contributed by atoms with Crippen LogP contribution in [0.3, 0.4) is 0 Å². The van der Waals surface area contributed by atoms with Crippen LogP contribution in [0.2, 0.25) is 0 Å². The van der Waals surface area contributed by atoms with Gasteiger partial charge in [0, 0.05) is 26.9 Å². The number of hydrazine groups is 1. The van der Waals surface area contributed by atoms with E-state index in [4.69, 9.17) is 0 Å². The molecule has 6 nitrogen and oxygen atoms in total. The third-order valence-corrected chi connectivity index (χ3v) is 3.17. The number of benzene rings is 1. The van der Waals surface area contributed by atoms with Crippen LogP contribution in [-0.4, -0.2) is 37.1 Å². The summed E-state index contributed by atoms with van der Waals surface area (Å²) < 4.78 is 0. The molecule has 1 aromatic rings. The van der Waals surface area contributed by atoms with Crippen molar-refractivity contribution in [1.82, 2.24) is 15.9 Å². The van der Waals surface area contributed by atoms with Crippen LogP contribution in [0.4, 0.5) is 0 Å². The van der Waals surface area contributed by atoms with Gasteiger partial charge in [0.2, 0.25) is 11.8 Å². The molecule has 0 heterocycles. The number of hydrazone groups is 1. The standard InChI is InChI=1S/C19H28N4O2/c1-15(2)12-16-8-7-9-17(13-16)14-20-21-18(24)10-5-6-11-19(25)22-23(3)4/h7-9,12-14H,5-6,10-11H2,1-4H3,(H,21,24)(H,22,25)/b20-14+. The maximum absolute atomic E-state index is 11.7. The Labute approximate surface area is 150 Å². The van der Waals surface area contributed by atoms with E-state index in [1.165, 1.54) is 5.57 Å². The highest BCUT2D eigenvalue weighted by Crippen LogP contribution is 2.08. The van der Waals surface area contributed by atoms with E-state index in [1.807, 2.05) is 38.1 Å². The molecule has 2 amide bonds. The molecule has 2 N–H and O–H groups in total. The Morgan fingerprint density at radius 1 is 1.08 bits per heavy atom. The molecule has 0 aliphatic carbocycles. The Bertz CT molecular complexity index is 632. The van der Waals surface area contributed by atoms with Crippen molar-refractivity contribution in [2.24, 2.45) is 5.10 Å². The quantitative estimate of drug-likeness (QED) is 0.411. The number of unbranched alkanes of at least 4 members (excludes halogenated alkanes) is 1. The van der Waals surface area contributed by atoms with E-state index in [1.54, 1.807) is 25.3 Å². The molecule has 0 saturated carbocycles. The van der Waals surface area contributed by atoms with Crippen molar-refractivity contribution in [2.45, 2.75) is 39.5 Å². The predicted molar refractivity (Wildman–Crippen MR) is 102 cm³/mol. The van der Waals surface area contributed by atoms with Crippen molar-refractivity contribution in [3.8, 4) is 0 Å². The highest BCUT2D eigenvalue weighted by atomic mass is 16.2. The molecule has 0 aliphatic heterocycles. The second kappa shape index (κ2) is 11.1. The first-order valence-corrected chi connectivity index (χ1v) is 8.40. The zero-order valence-corrected chi connectivity index (χ0v) is 15.5. The van der Waals surface area contributed by atoms with Gasteiger partial charge in [-0.2, -0.15) is 5.10 Å². The molecule has 0 aromatic heterocycles. The molecule has 1 rings (SSSR count). The average molecular weight is 344 g/mol. The number of carbonyl (C=O) groups is 2. The molecule has 0 aliphatic rings. The highest BCUT2D eigenvalue weighted by molar-refractivity contribution is 5.83. The number of hydrogen-bond acceptors (Lipinski definition) is 4. The molecule has 6 heteroatoms. The normalized spacial score (nSPS) is 10.8. The maximum Gasteiger partial charge on any atom is 0.240 e. The first kappa shape index (κ1) is 20.6. The minimum atomic E-state index is -0.148. The second-order valence-electron chi connectivity index (χ2n) is 6.32. The zero-order valence-electron chi connectivity index (χ0n) is 15.5. The lowest BCUT2D eigenvalue weighted by atomic mass is 10.1. The zero-order chi connectivity index (χ0) is 18.7. The maximum atomic E-state index is 11.7. The second-order valence-corrected chi connectivity index (χ2v) is 6.32. The number of nitrogens with zero attached hydrogens (tertiary/aromatic N) is 2. The van der Waals surface area contributed by atoms with Crippen LogP contribution in [0.15, 0.2) is 34.9 Å². The number of nitrogens with one attached hydrogen (secondary N) is 2. The Hall–Kier alpha value is -2.47. The number of allylic oxidation sites excluding steroid dienone is 1. The average Bonchev–Trinajstić information content (AvgIpc) is 2.50. The summed E-state index contributed by atoms with van der Waals surface area (Å²) in [5.41, 5.74) is 8.44. The van der Waals surface area contributed by atoms with E-state index in [0.717, 1.165) is 11.1 Å². The summed E-state index contributed by atoms with van der Waals surface area (Å²) in [6, 6.07) is 7.92. The van der Waals surface area contributed by atoms with Gasteiger partial charge in [0.15, 0.2) is 0 Å². The molecule has 0 spiro atoms. The van der Waals surface area contributed by atoms with E-state index in [0.29, 0.717) is 25.7 Å². The van der Waals surface area contributed by atoms with Crippen molar-refractivity contribution in [3.63, 3.8) is 0 Å². The fraction of sp³-hybridized carbons (Fsp3) is 0.421. The molecule has 0 unspecified atom stereocenters. The fourth-order valence-corrected chi connectivity index (χ4v) is 2.17. The number of hydrogen-bond donors (Lipinski definition) is 2. The van der Waals surface area contributed by atoms with Crippen LogP contribution >= 0.6 is 0 Å². The predicted octanol–water partition coefficient (Wildman–Crippen LogP) is 2.71. The van der Waals surface area contributed by atoms with Gasteiger partial charge < -0.3 is 0 Å². The smallest absolute Gasteiger partial charge is 0.240 e. The van der Waals surface area contributed by atoms with Gasteiger partial charge in [-0.3, -0.25) is 15.0 Å². The monoisotopic (exact) mass is 344 g/mol. The summed E-state index contributed by atoms with van der Waals surface area (Å²) in [5, 5.41) is 5.59. The molecule has 0 bridgehead atoms. The number of carbonyl (C=O) groups excluding carboxylic acids is 2. The van der Waals surface area contributed by atoms with Gasteiger partial charge in [0.25, 0.3) is 0 Å². The topological polar surface area (TPSA) is 73.8 Å². The summed E-state index contributed by atoms with van der Waals surface area (Å²) in [6.07, 6.45) is 5.79. The molecule has 25 heavy (non-hydrogen) atoms. The lowest BCUT2D eigenvalue weighted by Crippen LogP contribution is -2.35. The summed E-state index contributed by atoms with van der Waals surface area (Å²) >= 11 is 0. The third kappa shape index (κ3) is 10.1. The minimum Gasteiger partial charge on any atom is -0.289 e.